The van der Waals surface area contributed by atoms with Gasteiger partial charge in [0.05, 0.1) is 16.2 Å². The number of phenolic OH excluding ortho intramolecular Hbond substituents is 1. The van der Waals surface area contributed by atoms with Crippen molar-refractivity contribution >= 4 is 40.6 Å². The molecule has 3 N–H and O–H groups in total. The van der Waals surface area contributed by atoms with Crippen molar-refractivity contribution in [3.05, 3.63) is 76.7 Å². The van der Waals surface area contributed by atoms with Crippen LogP contribution in [0.15, 0.2) is 70.6 Å². The van der Waals surface area contributed by atoms with Crippen LogP contribution in [0.1, 0.15) is 15.9 Å². The second-order valence-corrected chi connectivity index (χ2v) is 6.31. The Morgan fingerprint density at radius 2 is 1.92 bits per heavy atom. The number of carbonyl (C=O) groups excluding carboxylic acids is 1. The lowest BCUT2D eigenvalue weighted by molar-refractivity contribution is -0.115. The maximum absolute atomic E-state index is 12.0. The van der Waals surface area contributed by atoms with E-state index in [1.165, 1.54) is 12.1 Å². The van der Waals surface area contributed by atoms with Crippen molar-refractivity contribution in [2.45, 2.75) is 0 Å². The molecule has 6 nitrogen and oxygen atoms in total. The zero-order chi connectivity index (χ0) is 18.5. The van der Waals surface area contributed by atoms with Gasteiger partial charge in [0.2, 0.25) is 0 Å². The minimum absolute atomic E-state index is 0.145. The molecule has 1 saturated heterocycles. The van der Waals surface area contributed by atoms with E-state index in [1.54, 1.807) is 12.2 Å². The largest absolute Gasteiger partial charge is 0.508 e. The number of thioether (sulfide) groups is 1. The van der Waals surface area contributed by atoms with E-state index in [0.717, 1.165) is 23.4 Å². The fourth-order valence-electron chi connectivity index (χ4n) is 2.21. The van der Waals surface area contributed by atoms with Crippen molar-refractivity contribution < 1.29 is 19.8 Å². The first-order valence-corrected chi connectivity index (χ1v) is 8.42. The Hall–Kier alpha value is -3.32. The van der Waals surface area contributed by atoms with E-state index in [9.17, 15) is 19.8 Å². The number of nitrogens with one attached hydrogen (secondary N) is 1. The predicted molar refractivity (Wildman–Crippen MR) is 101 cm³/mol. The molecule has 1 heterocycles. The Morgan fingerprint density at radius 1 is 1.15 bits per heavy atom. The van der Waals surface area contributed by atoms with E-state index in [-0.39, 0.29) is 28.1 Å². The summed E-state index contributed by atoms with van der Waals surface area (Å²) in [4.78, 5) is 27.9. The third-order valence-electron chi connectivity index (χ3n) is 3.42. The van der Waals surface area contributed by atoms with Crippen LogP contribution >= 0.6 is 11.8 Å². The molecule has 26 heavy (non-hydrogen) atoms. The quantitative estimate of drug-likeness (QED) is 0.719. The van der Waals surface area contributed by atoms with Crippen LogP contribution in [0.5, 0.6) is 5.75 Å². The van der Waals surface area contributed by atoms with Crippen LogP contribution in [0.4, 0.5) is 5.69 Å². The number of allylic oxidation sites excluding steroid dienone is 2. The second-order valence-electron chi connectivity index (χ2n) is 5.28. The van der Waals surface area contributed by atoms with Crippen LogP contribution in [0.2, 0.25) is 0 Å². The molecule has 0 atom stereocenters. The highest BCUT2D eigenvalue weighted by Gasteiger charge is 2.24. The third-order valence-corrected chi connectivity index (χ3v) is 4.35. The Balaban J connectivity index is 1.79. The number of rotatable bonds is 4. The summed E-state index contributed by atoms with van der Waals surface area (Å²) in [6, 6.07) is 13.5. The smallest absolute Gasteiger partial charge is 0.338 e. The zero-order valence-electron chi connectivity index (χ0n) is 13.4. The molecule has 0 unspecified atom stereocenters. The number of nitrogens with zero attached hydrogens (tertiary/aromatic N) is 1. The van der Waals surface area contributed by atoms with Crippen molar-refractivity contribution in [2.24, 2.45) is 4.99 Å². The van der Waals surface area contributed by atoms with E-state index in [1.807, 2.05) is 36.4 Å². The standard InChI is InChI=1S/C19H14N2O4S/c22-13-9-10-15(14(11-13)18(24)25)20-19-21-17(23)16(26-19)8-4-7-12-5-2-1-3-6-12/h1-11,22H,(H,24,25)(H,20,21,23)/b7-4+,16-8-. The Labute approximate surface area is 153 Å². The second kappa shape index (κ2) is 7.71. The Bertz CT molecular complexity index is 949. The number of amides is 1. The molecule has 0 aromatic heterocycles. The van der Waals surface area contributed by atoms with Gasteiger partial charge in [0.25, 0.3) is 5.91 Å². The normalized spacial score (nSPS) is 17.2. The van der Waals surface area contributed by atoms with Crippen LogP contribution in [-0.4, -0.2) is 27.3 Å². The lowest BCUT2D eigenvalue weighted by atomic mass is 10.2. The third kappa shape index (κ3) is 4.20. The summed E-state index contributed by atoms with van der Waals surface area (Å²) in [6.45, 7) is 0. The van der Waals surface area contributed by atoms with Crippen molar-refractivity contribution in [2.75, 3.05) is 0 Å². The first-order valence-electron chi connectivity index (χ1n) is 7.60. The van der Waals surface area contributed by atoms with Gasteiger partial charge in [-0.2, -0.15) is 0 Å². The van der Waals surface area contributed by atoms with Gasteiger partial charge < -0.3 is 15.5 Å². The molecule has 1 aliphatic rings. The van der Waals surface area contributed by atoms with E-state index in [4.69, 9.17) is 0 Å². The molecule has 0 aliphatic carbocycles. The van der Waals surface area contributed by atoms with Crippen molar-refractivity contribution in [1.29, 1.82) is 0 Å². The number of benzene rings is 2. The minimum Gasteiger partial charge on any atom is -0.508 e. The lowest BCUT2D eigenvalue weighted by Gasteiger charge is -2.02. The topological polar surface area (TPSA) is 99.0 Å². The summed E-state index contributed by atoms with van der Waals surface area (Å²) >= 11 is 1.12. The zero-order valence-corrected chi connectivity index (χ0v) is 14.2. The van der Waals surface area contributed by atoms with Gasteiger partial charge >= 0.3 is 5.97 Å². The highest BCUT2D eigenvalue weighted by atomic mass is 32.2. The molecule has 7 heteroatoms. The first kappa shape index (κ1) is 17.5. The fourth-order valence-corrected chi connectivity index (χ4v) is 2.99. The molecule has 1 aliphatic heterocycles. The van der Waals surface area contributed by atoms with Gasteiger partial charge in [0.1, 0.15) is 5.75 Å². The molecule has 0 spiro atoms. The monoisotopic (exact) mass is 366 g/mol. The molecule has 2 aromatic carbocycles. The van der Waals surface area contributed by atoms with E-state index in [2.05, 4.69) is 10.3 Å². The van der Waals surface area contributed by atoms with Crippen LogP contribution in [-0.2, 0) is 4.79 Å². The van der Waals surface area contributed by atoms with Crippen molar-refractivity contribution in [1.82, 2.24) is 5.32 Å². The summed E-state index contributed by atoms with van der Waals surface area (Å²) in [7, 11) is 0. The summed E-state index contributed by atoms with van der Waals surface area (Å²) in [5.41, 5.74) is 1.02. The maximum atomic E-state index is 12.0. The number of carboxylic acids is 1. The number of amidine groups is 1. The molecule has 0 bridgehead atoms. The summed E-state index contributed by atoms with van der Waals surface area (Å²) in [5, 5.41) is 21.5. The van der Waals surface area contributed by atoms with Crippen LogP contribution in [0, 0.1) is 0 Å². The molecular weight excluding hydrogens is 352 g/mol. The number of carbonyl (C=O) groups is 2. The number of phenols is 1. The van der Waals surface area contributed by atoms with Crippen molar-refractivity contribution in [3.63, 3.8) is 0 Å². The van der Waals surface area contributed by atoms with Crippen molar-refractivity contribution in [3.8, 4) is 5.75 Å². The van der Waals surface area contributed by atoms with E-state index >= 15 is 0 Å². The molecule has 1 fully saturated rings. The van der Waals surface area contributed by atoms with Gasteiger partial charge in [-0.25, -0.2) is 9.79 Å². The van der Waals surface area contributed by atoms with Crippen LogP contribution in [0.3, 0.4) is 0 Å². The molecule has 0 radical (unpaired) electrons. The molecule has 0 saturated carbocycles. The average molecular weight is 366 g/mol. The summed E-state index contributed by atoms with van der Waals surface area (Å²) in [5.74, 6) is -1.68. The maximum Gasteiger partial charge on any atom is 0.338 e. The summed E-state index contributed by atoms with van der Waals surface area (Å²) in [6.07, 6.45) is 5.31. The van der Waals surface area contributed by atoms with Gasteiger partial charge in [-0.3, -0.25) is 4.79 Å². The van der Waals surface area contributed by atoms with Gasteiger partial charge in [0.15, 0.2) is 5.17 Å². The average Bonchev–Trinajstić information content (AvgIpc) is 2.97. The van der Waals surface area contributed by atoms with Gasteiger partial charge in [-0.05, 0) is 41.6 Å². The molecule has 2 aromatic rings. The Morgan fingerprint density at radius 3 is 2.65 bits per heavy atom. The number of aliphatic imine (C=N–C) groups is 1. The fraction of sp³-hybridized carbons (Fsp3) is 0. The number of aromatic hydroxyl groups is 1. The molecule has 1 amide bonds. The minimum atomic E-state index is -1.21. The van der Waals surface area contributed by atoms with Crippen LogP contribution in [0.25, 0.3) is 6.08 Å². The number of aromatic carboxylic acids is 1. The highest BCUT2D eigenvalue weighted by Crippen LogP contribution is 2.29. The van der Waals surface area contributed by atoms with E-state index < -0.39 is 5.97 Å². The van der Waals surface area contributed by atoms with Gasteiger partial charge in [-0.15, -0.1) is 0 Å². The first-order chi connectivity index (χ1) is 12.5. The lowest BCUT2D eigenvalue weighted by Crippen LogP contribution is -2.19. The molecule has 3 rings (SSSR count). The number of hydrogen-bond acceptors (Lipinski definition) is 5. The van der Waals surface area contributed by atoms with Crippen LogP contribution < -0.4 is 5.32 Å². The number of hydrogen-bond donors (Lipinski definition) is 3. The molecule has 130 valence electrons. The van der Waals surface area contributed by atoms with Gasteiger partial charge in [-0.1, -0.05) is 42.5 Å². The SMILES string of the molecule is O=C1NC(=Nc2ccc(O)cc2C(=O)O)S/C1=C\C=C\c1ccccc1. The van der Waals surface area contributed by atoms with E-state index in [0.29, 0.717) is 4.91 Å². The van der Waals surface area contributed by atoms with Gasteiger partial charge in [0, 0.05) is 0 Å². The predicted octanol–water partition coefficient (Wildman–Crippen LogP) is 3.54. The number of carboxylic acid groups (broad SMARTS) is 1. The molecular formula is C19H14N2O4S. The Kier molecular flexibility index (Phi) is 5.19. The summed E-state index contributed by atoms with van der Waals surface area (Å²) < 4.78 is 0. The highest BCUT2D eigenvalue weighted by molar-refractivity contribution is 8.18.